The molecular weight excluding hydrogens is 330 g/mol. The third-order valence-corrected chi connectivity index (χ3v) is 5.55. The summed E-state index contributed by atoms with van der Waals surface area (Å²) in [6.07, 6.45) is 6.61. The van der Waals surface area contributed by atoms with Gasteiger partial charge in [0.05, 0.1) is 0 Å². The second-order valence-corrected chi connectivity index (χ2v) is 7.12. The Morgan fingerprint density at radius 3 is 2.25 bits per heavy atom. The van der Waals surface area contributed by atoms with Crippen molar-refractivity contribution in [2.24, 2.45) is 11.7 Å². The quantitative estimate of drug-likeness (QED) is 0.820. The van der Waals surface area contributed by atoms with E-state index < -0.39 is 0 Å². The molecule has 2 amide bonds. The van der Waals surface area contributed by atoms with Crippen molar-refractivity contribution in [2.75, 3.05) is 32.8 Å². The molecule has 138 valence electrons. The van der Waals surface area contributed by atoms with E-state index >= 15 is 0 Å². The number of rotatable bonds is 3. The van der Waals surface area contributed by atoms with Crippen LogP contribution in [0.2, 0.25) is 0 Å². The molecule has 2 saturated heterocycles. The Bertz CT molecular complexity index is 435. The van der Waals surface area contributed by atoms with Crippen molar-refractivity contribution in [1.82, 2.24) is 9.80 Å². The van der Waals surface area contributed by atoms with Crippen LogP contribution in [-0.4, -0.2) is 66.5 Å². The van der Waals surface area contributed by atoms with Crippen molar-refractivity contribution < 1.29 is 14.3 Å². The summed E-state index contributed by atoms with van der Waals surface area (Å²) in [5.74, 6) is 0.642. The zero-order chi connectivity index (χ0) is 16.2. The van der Waals surface area contributed by atoms with Gasteiger partial charge in [0.1, 0.15) is 6.10 Å². The summed E-state index contributed by atoms with van der Waals surface area (Å²) < 4.78 is 5.47. The van der Waals surface area contributed by atoms with E-state index in [1.165, 1.54) is 12.8 Å². The second-order valence-electron chi connectivity index (χ2n) is 7.12. The molecule has 0 bridgehead atoms. The first-order chi connectivity index (χ1) is 11.1. The summed E-state index contributed by atoms with van der Waals surface area (Å²) in [7, 11) is 0. The molecule has 7 heteroatoms. The van der Waals surface area contributed by atoms with Crippen molar-refractivity contribution >= 4 is 24.2 Å². The first-order valence-corrected chi connectivity index (χ1v) is 9.09. The molecular formula is C17H30ClN3O3. The van der Waals surface area contributed by atoms with Gasteiger partial charge in [-0.25, -0.2) is 0 Å². The maximum atomic E-state index is 12.5. The molecule has 1 saturated carbocycles. The lowest BCUT2D eigenvalue weighted by Gasteiger charge is -2.37. The van der Waals surface area contributed by atoms with E-state index in [1.807, 2.05) is 9.80 Å². The minimum absolute atomic E-state index is 0. The number of carbonyl (C=O) groups excluding carboxylic acids is 2. The van der Waals surface area contributed by atoms with Crippen molar-refractivity contribution in [3.63, 3.8) is 0 Å². The smallest absolute Gasteiger partial charge is 0.251 e. The predicted octanol–water partition coefficient (Wildman–Crippen LogP) is 1.17. The zero-order valence-electron chi connectivity index (χ0n) is 14.3. The summed E-state index contributed by atoms with van der Waals surface area (Å²) in [4.78, 5) is 28.6. The van der Waals surface area contributed by atoms with Gasteiger partial charge in [0.15, 0.2) is 0 Å². The molecule has 0 spiro atoms. The molecule has 0 radical (unpaired) electrons. The van der Waals surface area contributed by atoms with Crippen LogP contribution in [0.3, 0.4) is 0 Å². The van der Waals surface area contributed by atoms with Crippen molar-refractivity contribution in [3.8, 4) is 0 Å². The number of hydrogen-bond donors (Lipinski definition) is 1. The highest BCUT2D eigenvalue weighted by molar-refractivity contribution is 5.85. The monoisotopic (exact) mass is 359 g/mol. The molecule has 0 aromatic rings. The van der Waals surface area contributed by atoms with Crippen LogP contribution in [0.5, 0.6) is 0 Å². The van der Waals surface area contributed by atoms with Gasteiger partial charge in [-0.15, -0.1) is 12.4 Å². The van der Waals surface area contributed by atoms with Crippen LogP contribution >= 0.6 is 12.4 Å². The largest absolute Gasteiger partial charge is 0.368 e. The van der Waals surface area contributed by atoms with Crippen LogP contribution in [0, 0.1) is 5.92 Å². The van der Waals surface area contributed by atoms with Crippen molar-refractivity contribution in [1.29, 1.82) is 0 Å². The zero-order valence-corrected chi connectivity index (χ0v) is 15.1. The molecule has 3 rings (SSSR count). The standard InChI is InChI=1S/C17H29N3O3.ClH/c18-14-5-2-1-4-13(14)12-16(21)19-7-9-20(10-8-19)17(22)15-6-3-11-23-15;/h13-15H,1-12,18H2;1H. The first-order valence-electron chi connectivity index (χ1n) is 9.09. The molecule has 3 fully saturated rings. The molecule has 0 aromatic carbocycles. The Balaban J connectivity index is 0.00000208. The lowest BCUT2D eigenvalue weighted by atomic mass is 9.82. The SMILES string of the molecule is Cl.NC1CCCCC1CC(=O)N1CCN(C(=O)C2CCCO2)CC1. The Morgan fingerprint density at radius 1 is 0.958 bits per heavy atom. The van der Waals surface area contributed by atoms with Gasteiger partial charge in [0.2, 0.25) is 5.91 Å². The highest BCUT2D eigenvalue weighted by atomic mass is 35.5. The summed E-state index contributed by atoms with van der Waals surface area (Å²) >= 11 is 0. The summed E-state index contributed by atoms with van der Waals surface area (Å²) in [6.45, 7) is 3.22. The van der Waals surface area contributed by atoms with Crippen LogP contribution in [0.15, 0.2) is 0 Å². The lowest BCUT2D eigenvalue weighted by Crippen LogP contribution is -2.53. The van der Waals surface area contributed by atoms with Gasteiger partial charge < -0.3 is 20.3 Å². The first kappa shape index (κ1) is 19.5. The summed E-state index contributed by atoms with van der Waals surface area (Å²) in [5, 5.41) is 0. The van der Waals surface area contributed by atoms with E-state index in [4.69, 9.17) is 10.5 Å². The number of ether oxygens (including phenoxy) is 1. The van der Waals surface area contributed by atoms with Crippen LogP contribution < -0.4 is 5.73 Å². The number of nitrogens with two attached hydrogens (primary N) is 1. The van der Waals surface area contributed by atoms with Crippen LogP contribution in [0.4, 0.5) is 0 Å². The summed E-state index contributed by atoms with van der Waals surface area (Å²) in [5.41, 5.74) is 6.15. The third-order valence-electron chi connectivity index (χ3n) is 5.55. The average molecular weight is 360 g/mol. The van der Waals surface area contributed by atoms with Gasteiger partial charge >= 0.3 is 0 Å². The molecule has 2 heterocycles. The van der Waals surface area contributed by atoms with Gasteiger partial charge in [-0.05, 0) is 31.6 Å². The number of piperazine rings is 1. The fraction of sp³-hybridized carbons (Fsp3) is 0.882. The Labute approximate surface area is 150 Å². The number of amides is 2. The van der Waals surface area contributed by atoms with Crippen LogP contribution in [0.25, 0.3) is 0 Å². The molecule has 2 aliphatic heterocycles. The molecule has 0 aromatic heterocycles. The normalized spacial score (nSPS) is 30.8. The Morgan fingerprint density at radius 2 is 1.62 bits per heavy atom. The van der Waals surface area contributed by atoms with E-state index in [2.05, 4.69) is 0 Å². The molecule has 3 atom stereocenters. The van der Waals surface area contributed by atoms with Gasteiger partial charge in [-0.2, -0.15) is 0 Å². The van der Waals surface area contributed by atoms with Gasteiger partial charge in [0.25, 0.3) is 5.91 Å². The van der Waals surface area contributed by atoms with Gasteiger partial charge in [-0.1, -0.05) is 12.8 Å². The van der Waals surface area contributed by atoms with E-state index in [9.17, 15) is 9.59 Å². The fourth-order valence-electron chi connectivity index (χ4n) is 4.00. The van der Waals surface area contributed by atoms with Crippen molar-refractivity contribution in [2.45, 2.75) is 57.1 Å². The number of nitrogens with zero attached hydrogens (tertiary/aromatic N) is 2. The van der Waals surface area contributed by atoms with E-state index in [-0.39, 0.29) is 36.4 Å². The van der Waals surface area contributed by atoms with E-state index in [0.717, 1.165) is 25.7 Å². The maximum absolute atomic E-state index is 12.5. The fourth-order valence-corrected chi connectivity index (χ4v) is 4.00. The Kier molecular flexibility index (Phi) is 7.32. The molecule has 3 unspecified atom stereocenters. The minimum Gasteiger partial charge on any atom is -0.368 e. The third kappa shape index (κ3) is 4.61. The van der Waals surface area contributed by atoms with Crippen LogP contribution in [0.1, 0.15) is 44.9 Å². The maximum Gasteiger partial charge on any atom is 0.251 e. The second kappa shape index (κ2) is 9.02. The Hall–Kier alpha value is -0.850. The molecule has 2 N–H and O–H groups in total. The number of carbonyl (C=O) groups is 2. The lowest BCUT2D eigenvalue weighted by molar-refractivity contribution is -0.146. The highest BCUT2D eigenvalue weighted by Gasteiger charge is 2.32. The molecule has 1 aliphatic carbocycles. The minimum atomic E-state index is -0.252. The van der Waals surface area contributed by atoms with Gasteiger partial charge in [-0.3, -0.25) is 9.59 Å². The van der Waals surface area contributed by atoms with Crippen molar-refractivity contribution in [3.05, 3.63) is 0 Å². The molecule has 6 nitrogen and oxygen atoms in total. The predicted molar refractivity (Wildman–Crippen MR) is 93.9 cm³/mol. The molecule has 3 aliphatic rings. The van der Waals surface area contributed by atoms with Gasteiger partial charge in [0, 0.05) is 45.2 Å². The number of hydrogen-bond acceptors (Lipinski definition) is 4. The average Bonchev–Trinajstić information content (AvgIpc) is 3.11. The topological polar surface area (TPSA) is 75.9 Å². The van der Waals surface area contributed by atoms with E-state index in [0.29, 0.717) is 45.1 Å². The summed E-state index contributed by atoms with van der Waals surface area (Å²) in [6, 6.07) is 0.176. The highest BCUT2D eigenvalue weighted by Crippen LogP contribution is 2.26. The van der Waals surface area contributed by atoms with Crippen LogP contribution in [-0.2, 0) is 14.3 Å². The number of halogens is 1. The molecule has 24 heavy (non-hydrogen) atoms. The van der Waals surface area contributed by atoms with E-state index in [1.54, 1.807) is 0 Å².